The lowest BCUT2D eigenvalue weighted by atomic mass is 9.97. The monoisotopic (exact) mass is 314 g/mol. The summed E-state index contributed by atoms with van der Waals surface area (Å²) in [6, 6.07) is 2.03. The Hall–Kier alpha value is -2.44. The molecule has 2 aromatic heterocycles. The molecule has 0 unspecified atom stereocenters. The van der Waals surface area contributed by atoms with Gasteiger partial charge in [-0.15, -0.1) is 0 Å². The van der Waals surface area contributed by atoms with Crippen LogP contribution in [0.1, 0.15) is 28.9 Å². The topological polar surface area (TPSA) is 75.9 Å². The van der Waals surface area contributed by atoms with E-state index >= 15 is 0 Å². The molecule has 3 heterocycles. The summed E-state index contributed by atoms with van der Waals surface area (Å²) in [5.41, 5.74) is 1.61. The second kappa shape index (κ2) is 6.76. The molecule has 1 fully saturated rings. The summed E-state index contributed by atoms with van der Waals surface area (Å²) < 4.78 is 1.87. The van der Waals surface area contributed by atoms with E-state index in [-0.39, 0.29) is 5.91 Å². The number of amides is 1. The normalized spacial score (nSPS) is 15.7. The van der Waals surface area contributed by atoms with E-state index in [9.17, 15) is 4.79 Å². The summed E-state index contributed by atoms with van der Waals surface area (Å²) in [6.07, 6.45) is 7.26. The number of piperidine rings is 1. The first kappa shape index (κ1) is 15.5. The molecule has 1 saturated heterocycles. The first-order valence-electron chi connectivity index (χ1n) is 7.94. The number of aryl methyl sites for hydroxylation is 1. The molecule has 1 aliphatic heterocycles. The largest absolute Gasteiger partial charge is 0.356 e. The molecule has 0 atom stereocenters. The Morgan fingerprint density at radius 3 is 2.83 bits per heavy atom. The Morgan fingerprint density at radius 2 is 2.13 bits per heavy atom. The van der Waals surface area contributed by atoms with Crippen molar-refractivity contribution in [3.05, 3.63) is 36.0 Å². The predicted molar refractivity (Wildman–Crippen MR) is 87.3 cm³/mol. The van der Waals surface area contributed by atoms with Crippen LogP contribution in [0.5, 0.6) is 0 Å². The molecule has 1 amide bonds. The van der Waals surface area contributed by atoms with Gasteiger partial charge in [0.1, 0.15) is 12.1 Å². The van der Waals surface area contributed by atoms with Crippen LogP contribution in [-0.2, 0) is 6.54 Å². The van der Waals surface area contributed by atoms with E-state index in [1.807, 2.05) is 23.9 Å². The van der Waals surface area contributed by atoms with Gasteiger partial charge in [0, 0.05) is 44.6 Å². The standard InChI is InChI=1S/C16H22N6O/c1-12-7-15(19-11-18-12)21-5-3-13(4-6-21)9-22-10-14(8-20-22)16(23)17-2/h7-8,10-11,13H,3-6,9H2,1-2H3,(H,17,23). The van der Waals surface area contributed by atoms with Crippen molar-refractivity contribution in [3.8, 4) is 0 Å². The summed E-state index contributed by atoms with van der Waals surface area (Å²) in [6.45, 7) is 4.82. The van der Waals surface area contributed by atoms with Gasteiger partial charge in [-0.25, -0.2) is 9.97 Å². The quantitative estimate of drug-likeness (QED) is 0.919. The maximum Gasteiger partial charge on any atom is 0.254 e. The number of nitrogens with one attached hydrogen (secondary N) is 1. The Morgan fingerprint density at radius 1 is 1.35 bits per heavy atom. The van der Waals surface area contributed by atoms with Gasteiger partial charge in [0.05, 0.1) is 11.8 Å². The number of hydrogen-bond donors (Lipinski definition) is 1. The molecule has 0 aromatic carbocycles. The third kappa shape index (κ3) is 3.67. The zero-order chi connectivity index (χ0) is 16.2. The molecule has 0 spiro atoms. The number of carbonyl (C=O) groups is 1. The molecular weight excluding hydrogens is 292 g/mol. The van der Waals surface area contributed by atoms with E-state index < -0.39 is 0 Å². The van der Waals surface area contributed by atoms with Crippen molar-refractivity contribution in [2.45, 2.75) is 26.3 Å². The lowest BCUT2D eigenvalue weighted by Gasteiger charge is -2.32. The van der Waals surface area contributed by atoms with Gasteiger partial charge in [-0.2, -0.15) is 5.10 Å². The Balaban J connectivity index is 1.55. The summed E-state index contributed by atoms with van der Waals surface area (Å²) >= 11 is 0. The van der Waals surface area contributed by atoms with E-state index in [4.69, 9.17) is 0 Å². The fourth-order valence-electron chi connectivity index (χ4n) is 2.95. The average molecular weight is 314 g/mol. The van der Waals surface area contributed by atoms with E-state index in [2.05, 4.69) is 25.3 Å². The third-order valence-electron chi connectivity index (χ3n) is 4.30. The van der Waals surface area contributed by atoms with Crippen molar-refractivity contribution in [2.24, 2.45) is 5.92 Å². The van der Waals surface area contributed by atoms with Crippen LogP contribution in [0.4, 0.5) is 5.82 Å². The van der Waals surface area contributed by atoms with Crippen molar-refractivity contribution in [2.75, 3.05) is 25.0 Å². The van der Waals surface area contributed by atoms with Gasteiger partial charge < -0.3 is 10.2 Å². The van der Waals surface area contributed by atoms with E-state index in [0.717, 1.165) is 44.0 Å². The van der Waals surface area contributed by atoms with Crippen molar-refractivity contribution >= 4 is 11.7 Å². The average Bonchev–Trinajstić information content (AvgIpc) is 3.03. The smallest absolute Gasteiger partial charge is 0.254 e. The van der Waals surface area contributed by atoms with Crippen molar-refractivity contribution in [1.82, 2.24) is 25.1 Å². The lowest BCUT2D eigenvalue weighted by Crippen LogP contribution is -2.35. The predicted octanol–water partition coefficient (Wildman–Crippen LogP) is 1.26. The van der Waals surface area contributed by atoms with Crippen molar-refractivity contribution < 1.29 is 4.79 Å². The van der Waals surface area contributed by atoms with Gasteiger partial charge in [-0.05, 0) is 25.7 Å². The minimum absolute atomic E-state index is 0.0924. The molecule has 2 aromatic rings. The SMILES string of the molecule is CNC(=O)c1cnn(CC2CCN(c3cc(C)ncn3)CC2)c1. The minimum atomic E-state index is -0.0924. The summed E-state index contributed by atoms with van der Waals surface area (Å²) in [7, 11) is 1.63. The molecule has 122 valence electrons. The molecule has 0 bridgehead atoms. The van der Waals surface area contributed by atoms with Crippen LogP contribution in [0.2, 0.25) is 0 Å². The van der Waals surface area contributed by atoms with Crippen LogP contribution < -0.4 is 10.2 Å². The third-order valence-corrected chi connectivity index (χ3v) is 4.30. The maximum atomic E-state index is 11.6. The summed E-state index contributed by atoms with van der Waals surface area (Å²) in [5.74, 6) is 1.49. The molecule has 23 heavy (non-hydrogen) atoms. The van der Waals surface area contributed by atoms with Crippen LogP contribution >= 0.6 is 0 Å². The number of carbonyl (C=O) groups excluding carboxylic acids is 1. The zero-order valence-corrected chi connectivity index (χ0v) is 13.6. The summed E-state index contributed by atoms with van der Waals surface area (Å²) in [4.78, 5) is 22.4. The number of hydrogen-bond acceptors (Lipinski definition) is 5. The number of nitrogens with zero attached hydrogens (tertiary/aromatic N) is 5. The van der Waals surface area contributed by atoms with Gasteiger partial charge in [-0.1, -0.05) is 0 Å². The fourth-order valence-corrected chi connectivity index (χ4v) is 2.95. The highest BCUT2D eigenvalue weighted by Crippen LogP contribution is 2.23. The van der Waals surface area contributed by atoms with Crippen LogP contribution in [0.15, 0.2) is 24.8 Å². The van der Waals surface area contributed by atoms with Crippen LogP contribution in [-0.4, -0.2) is 45.8 Å². The highest BCUT2D eigenvalue weighted by Gasteiger charge is 2.21. The van der Waals surface area contributed by atoms with E-state index in [0.29, 0.717) is 11.5 Å². The molecule has 0 radical (unpaired) electrons. The Bertz CT molecular complexity index is 675. The molecular formula is C16H22N6O. The van der Waals surface area contributed by atoms with Gasteiger partial charge in [-0.3, -0.25) is 9.48 Å². The van der Waals surface area contributed by atoms with Crippen molar-refractivity contribution in [1.29, 1.82) is 0 Å². The second-order valence-corrected chi connectivity index (χ2v) is 5.98. The van der Waals surface area contributed by atoms with E-state index in [1.54, 1.807) is 19.6 Å². The number of anilines is 1. The van der Waals surface area contributed by atoms with E-state index in [1.165, 1.54) is 0 Å². The molecule has 0 aliphatic carbocycles. The second-order valence-electron chi connectivity index (χ2n) is 5.98. The Labute approximate surface area is 135 Å². The highest BCUT2D eigenvalue weighted by atomic mass is 16.1. The molecule has 3 rings (SSSR count). The molecule has 1 N–H and O–H groups in total. The van der Waals surface area contributed by atoms with Gasteiger partial charge in [0.15, 0.2) is 0 Å². The Kier molecular flexibility index (Phi) is 4.55. The molecule has 1 aliphatic rings. The minimum Gasteiger partial charge on any atom is -0.356 e. The molecule has 7 heteroatoms. The van der Waals surface area contributed by atoms with Crippen LogP contribution in [0, 0.1) is 12.8 Å². The summed E-state index contributed by atoms with van der Waals surface area (Å²) in [5, 5.41) is 6.91. The molecule has 7 nitrogen and oxygen atoms in total. The van der Waals surface area contributed by atoms with Crippen LogP contribution in [0.3, 0.4) is 0 Å². The molecule has 0 saturated carbocycles. The van der Waals surface area contributed by atoms with Gasteiger partial charge in [0.2, 0.25) is 0 Å². The van der Waals surface area contributed by atoms with Gasteiger partial charge in [0.25, 0.3) is 5.91 Å². The van der Waals surface area contributed by atoms with Crippen LogP contribution in [0.25, 0.3) is 0 Å². The first-order chi connectivity index (χ1) is 11.2. The van der Waals surface area contributed by atoms with Gasteiger partial charge >= 0.3 is 0 Å². The number of aromatic nitrogens is 4. The fraction of sp³-hybridized carbons (Fsp3) is 0.500. The van der Waals surface area contributed by atoms with Crippen molar-refractivity contribution in [3.63, 3.8) is 0 Å². The highest BCUT2D eigenvalue weighted by molar-refractivity contribution is 5.93. The number of rotatable bonds is 4. The zero-order valence-electron chi connectivity index (χ0n) is 13.6. The first-order valence-corrected chi connectivity index (χ1v) is 7.94. The lowest BCUT2D eigenvalue weighted by molar-refractivity contribution is 0.0963. The maximum absolute atomic E-state index is 11.6.